The number of amides is 1. The second-order valence-electron chi connectivity index (χ2n) is 8.22. The third kappa shape index (κ3) is 3.45. The Morgan fingerprint density at radius 3 is 3.07 bits per heavy atom. The molecule has 0 saturated heterocycles. The van der Waals surface area contributed by atoms with E-state index in [0.29, 0.717) is 13.0 Å². The lowest BCUT2D eigenvalue weighted by Gasteiger charge is -2.15. The van der Waals surface area contributed by atoms with Crippen molar-refractivity contribution in [2.75, 3.05) is 12.3 Å². The van der Waals surface area contributed by atoms with Crippen LogP contribution >= 0.6 is 11.8 Å². The van der Waals surface area contributed by atoms with Crippen molar-refractivity contribution >= 4 is 28.6 Å². The molecule has 6 nitrogen and oxygen atoms in total. The Kier molecular flexibility index (Phi) is 5.15. The third-order valence-corrected chi connectivity index (χ3v) is 7.29. The van der Waals surface area contributed by atoms with Gasteiger partial charge >= 0.3 is 0 Å². The fourth-order valence-electron chi connectivity index (χ4n) is 4.70. The van der Waals surface area contributed by atoms with E-state index in [0.717, 1.165) is 54.4 Å². The highest BCUT2D eigenvalue weighted by Gasteiger charge is 2.30. The smallest absolute Gasteiger partial charge is 0.257 e. The second kappa shape index (κ2) is 7.95. The van der Waals surface area contributed by atoms with Crippen LogP contribution in [0.5, 0.6) is 0 Å². The summed E-state index contributed by atoms with van der Waals surface area (Å²) in [4.78, 5) is 30.1. The van der Waals surface area contributed by atoms with Crippen LogP contribution in [0, 0.1) is 6.92 Å². The molecule has 1 amide bonds. The van der Waals surface area contributed by atoms with E-state index >= 15 is 0 Å². The van der Waals surface area contributed by atoms with Crippen molar-refractivity contribution in [3.05, 3.63) is 57.6 Å². The van der Waals surface area contributed by atoms with Crippen LogP contribution < -0.4 is 10.9 Å². The van der Waals surface area contributed by atoms with Crippen molar-refractivity contribution in [3.8, 4) is 0 Å². The molecule has 5 rings (SSSR count). The summed E-state index contributed by atoms with van der Waals surface area (Å²) < 4.78 is 4.07. The Hall–Kier alpha value is -2.54. The summed E-state index contributed by atoms with van der Waals surface area (Å²) in [5, 5.41) is 5.08. The van der Waals surface area contributed by atoms with Crippen LogP contribution in [0.1, 0.15) is 42.3 Å². The number of rotatable bonds is 6. The van der Waals surface area contributed by atoms with Gasteiger partial charge in [-0.3, -0.25) is 14.2 Å². The van der Waals surface area contributed by atoms with E-state index in [4.69, 9.17) is 0 Å². The molecular weight excluding hydrogens is 396 g/mol. The van der Waals surface area contributed by atoms with Crippen LogP contribution in [-0.4, -0.2) is 32.3 Å². The number of carbonyl (C=O) groups is 1. The fraction of sp³-hybridized carbons (Fsp3) is 0.435. The average molecular weight is 423 g/mol. The zero-order valence-corrected chi connectivity index (χ0v) is 18.0. The molecule has 7 heteroatoms. The molecule has 3 aromatic rings. The van der Waals surface area contributed by atoms with Gasteiger partial charge in [0, 0.05) is 42.0 Å². The van der Waals surface area contributed by atoms with Crippen molar-refractivity contribution in [1.82, 2.24) is 19.4 Å². The van der Waals surface area contributed by atoms with E-state index in [-0.39, 0.29) is 17.5 Å². The quantitative estimate of drug-likeness (QED) is 0.489. The van der Waals surface area contributed by atoms with Crippen molar-refractivity contribution in [3.63, 3.8) is 0 Å². The van der Waals surface area contributed by atoms with Crippen molar-refractivity contribution in [2.45, 2.75) is 56.8 Å². The van der Waals surface area contributed by atoms with Gasteiger partial charge in [0.1, 0.15) is 0 Å². The van der Waals surface area contributed by atoms with Gasteiger partial charge in [-0.2, -0.15) is 0 Å². The van der Waals surface area contributed by atoms with Gasteiger partial charge < -0.3 is 9.88 Å². The maximum absolute atomic E-state index is 12.9. The number of aromatic nitrogens is 3. The highest BCUT2D eigenvalue weighted by Crippen LogP contribution is 2.33. The maximum Gasteiger partial charge on any atom is 0.257 e. The van der Waals surface area contributed by atoms with Gasteiger partial charge in [0.2, 0.25) is 5.91 Å². The zero-order valence-electron chi connectivity index (χ0n) is 17.2. The van der Waals surface area contributed by atoms with Crippen LogP contribution in [-0.2, 0) is 24.2 Å². The van der Waals surface area contributed by atoms with Gasteiger partial charge in [0.25, 0.3) is 5.56 Å². The Bertz CT molecular complexity index is 1180. The molecule has 0 radical (unpaired) electrons. The minimum absolute atomic E-state index is 0.00920. The summed E-state index contributed by atoms with van der Waals surface area (Å²) in [6, 6.07) is 10.5. The molecule has 1 atom stereocenters. The molecule has 2 aliphatic rings. The Labute approximate surface area is 179 Å². The van der Waals surface area contributed by atoms with Gasteiger partial charge in [-0.1, -0.05) is 30.0 Å². The molecule has 1 aromatic carbocycles. The first-order valence-electron chi connectivity index (χ1n) is 10.7. The zero-order chi connectivity index (χ0) is 20.7. The normalized spacial score (nSPS) is 17.3. The summed E-state index contributed by atoms with van der Waals surface area (Å²) in [5.74, 6) is 0.752. The van der Waals surface area contributed by atoms with Gasteiger partial charge in [-0.05, 0) is 50.1 Å². The lowest BCUT2D eigenvalue weighted by molar-refractivity contribution is -0.121. The molecule has 30 heavy (non-hydrogen) atoms. The van der Waals surface area contributed by atoms with Gasteiger partial charge in [0.05, 0.1) is 11.7 Å². The monoisotopic (exact) mass is 422 g/mol. The van der Waals surface area contributed by atoms with Gasteiger partial charge in [-0.15, -0.1) is 0 Å². The minimum Gasteiger partial charge on any atom is -0.356 e. The Morgan fingerprint density at radius 1 is 1.30 bits per heavy atom. The highest BCUT2D eigenvalue weighted by molar-refractivity contribution is 7.99. The van der Waals surface area contributed by atoms with Gasteiger partial charge in [0.15, 0.2) is 5.16 Å². The summed E-state index contributed by atoms with van der Waals surface area (Å²) in [7, 11) is 0. The molecule has 1 aliphatic carbocycles. The summed E-state index contributed by atoms with van der Waals surface area (Å²) in [6.45, 7) is 3.63. The average Bonchev–Trinajstić information content (AvgIpc) is 3.43. The largest absolute Gasteiger partial charge is 0.356 e. The summed E-state index contributed by atoms with van der Waals surface area (Å²) in [5.41, 5.74) is 4.38. The van der Waals surface area contributed by atoms with Crippen molar-refractivity contribution in [2.24, 2.45) is 0 Å². The molecule has 156 valence electrons. The fourth-order valence-corrected chi connectivity index (χ4v) is 5.85. The first-order chi connectivity index (χ1) is 14.6. The van der Waals surface area contributed by atoms with Crippen LogP contribution in [0.25, 0.3) is 10.9 Å². The predicted octanol–water partition coefficient (Wildman–Crippen LogP) is 3.24. The molecule has 1 aliphatic heterocycles. The molecule has 0 saturated carbocycles. The predicted molar refractivity (Wildman–Crippen MR) is 119 cm³/mol. The molecule has 0 spiro atoms. The summed E-state index contributed by atoms with van der Waals surface area (Å²) >= 11 is 1.60. The number of hydrogen-bond acceptors (Lipinski definition) is 4. The third-order valence-electron chi connectivity index (χ3n) is 6.19. The van der Waals surface area contributed by atoms with E-state index in [2.05, 4.69) is 52.1 Å². The number of hydrogen-bond donors (Lipinski definition) is 1. The molecular formula is C23H26N4O2S. The highest BCUT2D eigenvalue weighted by atomic mass is 32.2. The van der Waals surface area contributed by atoms with Crippen LogP contribution in [0.2, 0.25) is 0 Å². The number of para-hydroxylation sites is 1. The number of nitrogens with one attached hydrogen (secondary N) is 1. The molecule has 1 unspecified atom stereocenters. The Morgan fingerprint density at radius 2 is 2.17 bits per heavy atom. The van der Waals surface area contributed by atoms with Crippen LogP contribution in [0.4, 0.5) is 0 Å². The number of carbonyl (C=O) groups excluding carboxylic acids is 1. The summed E-state index contributed by atoms with van der Waals surface area (Å²) in [6.07, 6.45) is 3.94. The molecule has 2 aromatic heterocycles. The molecule has 1 N–H and O–H groups in total. The van der Waals surface area contributed by atoms with Crippen LogP contribution in [0.3, 0.4) is 0 Å². The maximum atomic E-state index is 12.9. The number of nitrogens with zero attached hydrogens (tertiary/aromatic N) is 3. The standard InChI is InChI=1S/C23H26N4O2S/c1-15-12-16-6-2-3-9-20(16)26(15)11-5-10-24-21(28)13-17-14-30-23-25-19-8-4-7-18(19)22(29)27(17)23/h2-3,6,9,12,17H,4-5,7-8,10-11,13-14H2,1H3,(H,24,28). The van der Waals surface area contributed by atoms with E-state index in [1.807, 2.05) is 0 Å². The van der Waals surface area contributed by atoms with Gasteiger partial charge in [-0.25, -0.2) is 4.98 Å². The molecule has 0 bridgehead atoms. The first-order valence-corrected chi connectivity index (χ1v) is 11.7. The lowest BCUT2D eigenvalue weighted by atomic mass is 10.2. The van der Waals surface area contributed by atoms with Crippen molar-refractivity contribution in [1.29, 1.82) is 0 Å². The van der Waals surface area contributed by atoms with Crippen LogP contribution in [0.15, 0.2) is 40.3 Å². The number of aryl methyl sites for hydroxylation is 3. The lowest BCUT2D eigenvalue weighted by Crippen LogP contribution is -2.32. The van der Waals surface area contributed by atoms with E-state index in [9.17, 15) is 9.59 Å². The Balaban J connectivity index is 1.17. The van der Waals surface area contributed by atoms with Crippen molar-refractivity contribution < 1.29 is 4.79 Å². The first kappa shape index (κ1) is 19.4. The molecule has 0 fully saturated rings. The van der Waals surface area contributed by atoms with E-state index in [1.165, 1.54) is 16.6 Å². The van der Waals surface area contributed by atoms with E-state index in [1.54, 1.807) is 16.3 Å². The minimum atomic E-state index is -0.0912. The number of benzene rings is 1. The topological polar surface area (TPSA) is 68.9 Å². The number of thioether (sulfide) groups is 1. The second-order valence-corrected chi connectivity index (χ2v) is 9.20. The van der Waals surface area contributed by atoms with E-state index < -0.39 is 0 Å². The SMILES string of the molecule is Cc1cc2ccccc2n1CCCNC(=O)CC1CSc2nc3c(c(=O)n21)CCC3. The molecule has 3 heterocycles. The number of fused-ring (bicyclic) bond motifs is 3.